The van der Waals surface area contributed by atoms with E-state index in [1.807, 2.05) is 6.07 Å². The van der Waals surface area contributed by atoms with Crippen molar-refractivity contribution in [3.63, 3.8) is 0 Å². The zero-order valence-electron chi connectivity index (χ0n) is 19.6. The van der Waals surface area contributed by atoms with Gasteiger partial charge in [0.25, 0.3) is 0 Å². The van der Waals surface area contributed by atoms with E-state index in [4.69, 9.17) is 10.5 Å². The number of nitrogens with two attached hydrogens (primary N) is 1. The van der Waals surface area contributed by atoms with Crippen molar-refractivity contribution in [2.75, 3.05) is 0 Å². The predicted molar refractivity (Wildman–Crippen MR) is 132 cm³/mol. The van der Waals surface area contributed by atoms with E-state index in [0.29, 0.717) is 0 Å². The molecule has 3 aromatic rings. The molecule has 37 heavy (non-hydrogen) atoms. The summed E-state index contributed by atoms with van der Waals surface area (Å²) in [5.74, 6) is -2.67. The Hall–Kier alpha value is -4.80. The lowest BCUT2D eigenvalue weighted by atomic mass is 10.0. The summed E-state index contributed by atoms with van der Waals surface area (Å²) in [5, 5.41) is 16.0. The molecule has 0 aliphatic heterocycles. The van der Waals surface area contributed by atoms with Gasteiger partial charge in [0.2, 0.25) is 17.6 Å². The molecule has 0 bridgehead atoms. The zero-order valence-corrected chi connectivity index (χ0v) is 19.6. The minimum Gasteiger partial charge on any atom is -0.445 e. The Labute approximate surface area is 211 Å². The molecule has 11 heteroatoms. The Morgan fingerprint density at radius 1 is 0.865 bits per heavy atom. The third kappa shape index (κ3) is 8.13. The monoisotopic (exact) mass is 508 g/mol. The molecule has 0 aromatic heterocycles. The van der Waals surface area contributed by atoms with Gasteiger partial charge in [0.15, 0.2) is 0 Å². The van der Waals surface area contributed by atoms with Crippen LogP contribution in [0.25, 0.3) is 0 Å². The number of amides is 3. The van der Waals surface area contributed by atoms with Crippen LogP contribution in [0.2, 0.25) is 0 Å². The van der Waals surface area contributed by atoms with Crippen molar-refractivity contribution in [2.45, 2.75) is 31.5 Å². The molecular formula is C26H25FN4O6. The SMILES string of the molecule is NC(=O)[C@@H](Cc1ccc(F)c([N+](=O)[O-])c1)NC(=O)[C@@H](Cc1ccccc1)NC(=O)OCc1ccccc1. The lowest BCUT2D eigenvalue weighted by molar-refractivity contribution is -0.387. The first-order valence-corrected chi connectivity index (χ1v) is 11.3. The molecule has 0 aliphatic carbocycles. The summed E-state index contributed by atoms with van der Waals surface area (Å²) in [6, 6.07) is 18.5. The third-order valence-corrected chi connectivity index (χ3v) is 5.41. The van der Waals surface area contributed by atoms with Gasteiger partial charge in [-0.25, -0.2) is 4.79 Å². The third-order valence-electron chi connectivity index (χ3n) is 5.41. The second kappa shape index (κ2) is 12.8. The number of halogens is 1. The number of nitro benzene ring substituents is 1. The van der Waals surface area contributed by atoms with Crippen LogP contribution < -0.4 is 16.4 Å². The first-order chi connectivity index (χ1) is 17.7. The van der Waals surface area contributed by atoms with Crippen LogP contribution in [0, 0.1) is 15.9 Å². The van der Waals surface area contributed by atoms with Crippen LogP contribution in [0.5, 0.6) is 0 Å². The zero-order chi connectivity index (χ0) is 26.8. The minimum absolute atomic E-state index is 0.0143. The van der Waals surface area contributed by atoms with Crippen molar-refractivity contribution in [2.24, 2.45) is 5.73 Å². The quantitative estimate of drug-likeness (QED) is 0.267. The molecule has 0 saturated carbocycles. The maximum atomic E-state index is 13.7. The van der Waals surface area contributed by atoms with Gasteiger partial charge in [-0.3, -0.25) is 19.7 Å². The maximum Gasteiger partial charge on any atom is 0.408 e. The topological polar surface area (TPSA) is 154 Å². The first-order valence-electron chi connectivity index (χ1n) is 11.3. The van der Waals surface area contributed by atoms with E-state index in [1.165, 1.54) is 6.07 Å². The fourth-order valence-corrected chi connectivity index (χ4v) is 3.52. The van der Waals surface area contributed by atoms with E-state index in [-0.39, 0.29) is 25.0 Å². The number of nitrogens with one attached hydrogen (secondary N) is 2. The van der Waals surface area contributed by atoms with E-state index in [1.54, 1.807) is 54.6 Å². The molecule has 0 radical (unpaired) electrons. The van der Waals surface area contributed by atoms with Crippen molar-refractivity contribution in [3.8, 4) is 0 Å². The van der Waals surface area contributed by atoms with Crippen LogP contribution >= 0.6 is 0 Å². The summed E-state index contributed by atoms with van der Waals surface area (Å²) in [4.78, 5) is 47.8. The fourth-order valence-electron chi connectivity index (χ4n) is 3.52. The normalized spacial score (nSPS) is 12.1. The molecule has 0 unspecified atom stereocenters. The lowest BCUT2D eigenvalue weighted by Gasteiger charge is -2.22. The molecule has 0 saturated heterocycles. The van der Waals surface area contributed by atoms with Crippen molar-refractivity contribution >= 4 is 23.6 Å². The molecule has 4 N–H and O–H groups in total. The number of hydrogen-bond acceptors (Lipinski definition) is 6. The molecule has 0 heterocycles. The molecule has 192 valence electrons. The van der Waals surface area contributed by atoms with Crippen molar-refractivity contribution < 1.29 is 28.4 Å². The van der Waals surface area contributed by atoms with Crippen LogP contribution in [-0.4, -0.2) is 34.9 Å². The average Bonchev–Trinajstić information content (AvgIpc) is 2.88. The second-order valence-corrected chi connectivity index (χ2v) is 8.16. The smallest absolute Gasteiger partial charge is 0.408 e. The Morgan fingerprint density at radius 3 is 2.05 bits per heavy atom. The molecule has 3 amide bonds. The van der Waals surface area contributed by atoms with E-state index >= 15 is 0 Å². The van der Waals surface area contributed by atoms with Gasteiger partial charge in [-0.05, 0) is 22.8 Å². The van der Waals surface area contributed by atoms with Crippen LogP contribution in [-0.2, 0) is 33.8 Å². The van der Waals surface area contributed by atoms with Gasteiger partial charge in [-0.15, -0.1) is 0 Å². The Morgan fingerprint density at radius 2 is 1.46 bits per heavy atom. The van der Waals surface area contributed by atoms with Crippen molar-refractivity contribution in [1.29, 1.82) is 0 Å². The summed E-state index contributed by atoms with van der Waals surface area (Å²) >= 11 is 0. The minimum atomic E-state index is -1.28. The molecule has 3 aromatic carbocycles. The van der Waals surface area contributed by atoms with Crippen LogP contribution in [0.1, 0.15) is 16.7 Å². The summed E-state index contributed by atoms with van der Waals surface area (Å²) in [7, 11) is 0. The number of rotatable bonds is 11. The Balaban J connectivity index is 1.73. The molecule has 2 atom stereocenters. The predicted octanol–water partition coefficient (Wildman–Crippen LogP) is 2.78. The second-order valence-electron chi connectivity index (χ2n) is 8.16. The molecule has 10 nitrogen and oxygen atoms in total. The van der Waals surface area contributed by atoms with Gasteiger partial charge in [0.1, 0.15) is 18.7 Å². The van der Waals surface area contributed by atoms with Crippen LogP contribution in [0.4, 0.5) is 14.9 Å². The number of hydrogen-bond donors (Lipinski definition) is 3. The highest BCUT2D eigenvalue weighted by Crippen LogP contribution is 2.19. The molecule has 3 rings (SSSR count). The maximum absolute atomic E-state index is 13.7. The van der Waals surface area contributed by atoms with Crippen molar-refractivity contribution in [3.05, 3.63) is 111 Å². The first kappa shape index (κ1) is 26.8. The number of primary amides is 1. The van der Waals surface area contributed by atoms with E-state index < -0.39 is 46.4 Å². The van der Waals surface area contributed by atoms with Crippen LogP contribution in [0.15, 0.2) is 78.9 Å². The summed E-state index contributed by atoms with van der Waals surface area (Å²) in [5.41, 5.74) is 6.39. The van der Waals surface area contributed by atoms with Crippen LogP contribution in [0.3, 0.4) is 0 Å². The highest BCUT2D eigenvalue weighted by atomic mass is 19.1. The Bertz CT molecular complexity index is 1260. The number of ether oxygens (including phenoxy) is 1. The number of carbonyl (C=O) groups is 3. The van der Waals surface area contributed by atoms with Crippen molar-refractivity contribution in [1.82, 2.24) is 10.6 Å². The van der Waals surface area contributed by atoms with E-state index in [2.05, 4.69) is 10.6 Å². The number of nitrogens with zero attached hydrogens (tertiary/aromatic N) is 1. The largest absolute Gasteiger partial charge is 0.445 e. The summed E-state index contributed by atoms with van der Waals surface area (Å²) in [6.45, 7) is -0.0143. The number of benzene rings is 3. The van der Waals surface area contributed by atoms with Gasteiger partial charge in [0, 0.05) is 18.9 Å². The summed E-state index contributed by atoms with van der Waals surface area (Å²) < 4.78 is 18.9. The molecule has 0 spiro atoms. The van der Waals surface area contributed by atoms with E-state index in [0.717, 1.165) is 23.3 Å². The van der Waals surface area contributed by atoms with Gasteiger partial charge in [0.05, 0.1) is 4.92 Å². The van der Waals surface area contributed by atoms with Gasteiger partial charge in [-0.1, -0.05) is 66.7 Å². The number of carbonyl (C=O) groups excluding carboxylic acids is 3. The van der Waals surface area contributed by atoms with E-state index in [9.17, 15) is 28.9 Å². The Kier molecular flexibility index (Phi) is 9.25. The van der Waals surface area contributed by atoms with Gasteiger partial charge < -0.3 is 21.1 Å². The number of alkyl carbamates (subject to hydrolysis) is 1. The van der Waals surface area contributed by atoms with Gasteiger partial charge in [-0.2, -0.15) is 4.39 Å². The fraction of sp³-hybridized carbons (Fsp3) is 0.192. The average molecular weight is 509 g/mol. The number of nitro groups is 1. The molecule has 0 fully saturated rings. The highest BCUT2D eigenvalue weighted by molar-refractivity contribution is 5.91. The lowest BCUT2D eigenvalue weighted by Crippen LogP contribution is -2.54. The van der Waals surface area contributed by atoms with Gasteiger partial charge >= 0.3 is 11.8 Å². The standard InChI is InChI=1S/C26H25FN4O6/c27-20-12-11-19(15-23(20)31(35)36)14-21(24(28)32)29-25(33)22(13-17-7-3-1-4-8-17)30-26(34)37-16-18-9-5-2-6-10-18/h1-12,15,21-22H,13-14,16H2,(H2,28,32)(H,29,33)(H,30,34)/t21-,22-/m1/s1. The molecule has 0 aliphatic rings. The highest BCUT2D eigenvalue weighted by Gasteiger charge is 2.27. The summed E-state index contributed by atoms with van der Waals surface area (Å²) in [6.07, 6.45) is -0.982. The molecular weight excluding hydrogens is 483 g/mol.